The molecule has 1 N–H and O–H groups in total. The molecule has 130 valence electrons. The molecule has 1 aliphatic rings. The molecular weight excluding hydrogens is 355 g/mol. The number of esters is 1. The number of carboxylic acids is 1. The SMILES string of the molecule is CCOC(=O)C1(C)C(CC)C(C(=O)O)=NN1c1ccc(Cl)cc1Cl. The Labute approximate surface area is 150 Å². The van der Waals surface area contributed by atoms with E-state index in [0.717, 1.165) is 0 Å². The average Bonchev–Trinajstić information content (AvgIpc) is 2.82. The van der Waals surface area contributed by atoms with Gasteiger partial charge in [0.05, 0.1) is 17.3 Å². The maximum atomic E-state index is 12.7. The Hall–Kier alpha value is -1.79. The highest BCUT2D eigenvalue weighted by molar-refractivity contribution is 6.39. The molecule has 0 saturated carbocycles. The summed E-state index contributed by atoms with van der Waals surface area (Å²) in [7, 11) is 0. The first-order valence-corrected chi connectivity index (χ1v) is 8.27. The molecule has 0 fully saturated rings. The van der Waals surface area contributed by atoms with E-state index in [1.807, 2.05) is 0 Å². The van der Waals surface area contributed by atoms with Crippen LogP contribution in [0.3, 0.4) is 0 Å². The van der Waals surface area contributed by atoms with Crippen molar-refractivity contribution in [2.75, 3.05) is 11.6 Å². The maximum Gasteiger partial charge on any atom is 0.352 e. The summed E-state index contributed by atoms with van der Waals surface area (Å²) in [5, 5.41) is 15.7. The van der Waals surface area contributed by atoms with Crippen molar-refractivity contribution in [2.45, 2.75) is 32.7 Å². The molecule has 0 radical (unpaired) electrons. The number of halogens is 2. The molecule has 8 heteroatoms. The molecule has 1 aromatic rings. The maximum absolute atomic E-state index is 12.7. The van der Waals surface area contributed by atoms with Gasteiger partial charge in [-0.1, -0.05) is 30.1 Å². The van der Waals surface area contributed by atoms with Crippen LogP contribution in [0.4, 0.5) is 5.69 Å². The molecule has 0 amide bonds. The number of carboxylic acid groups (broad SMARTS) is 1. The largest absolute Gasteiger partial charge is 0.477 e. The van der Waals surface area contributed by atoms with E-state index in [4.69, 9.17) is 27.9 Å². The fraction of sp³-hybridized carbons (Fsp3) is 0.438. The number of carbonyl (C=O) groups is 2. The van der Waals surface area contributed by atoms with E-state index in [0.29, 0.717) is 17.1 Å². The van der Waals surface area contributed by atoms with Gasteiger partial charge < -0.3 is 9.84 Å². The Morgan fingerprint density at radius 3 is 2.54 bits per heavy atom. The van der Waals surface area contributed by atoms with Crippen LogP contribution >= 0.6 is 23.2 Å². The van der Waals surface area contributed by atoms with E-state index in [-0.39, 0.29) is 17.3 Å². The Balaban J connectivity index is 2.63. The first kappa shape index (κ1) is 18.5. The van der Waals surface area contributed by atoms with Crippen molar-refractivity contribution in [1.29, 1.82) is 0 Å². The highest BCUT2D eigenvalue weighted by atomic mass is 35.5. The minimum absolute atomic E-state index is 0.0981. The van der Waals surface area contributed by atoms with Crippen LogP contribution in [-0.2, 0) is 14.3 Å². The molecule has 0 aliphatic carbocycles. The zero-order chi connectivity index (χ0) is 18.1. The van der Waals surface area contributed by atoms with Gasteiger partial charge in [-0.2, -0.15) is 5.10 Å². The number of hydrogen-bond donors (Lipinski definition) is 1. The van der Waals surface area contributed by atoms with Crippen molar-refractivity contribution in [1.82, 2.24) is 0 Å². The van der Waals surface area contributed by atoms with Crippen molar-refractivity contribution >= 4 is 46.5 Å². The standard InChI is InChI=1S/C16H18Cl2N2O4/c1-4-10-13(14(21)22)19-20(16(10,3)15(23)24-5-2)12-7-6-9(17)8-11(12)18/h6-8,10H,4-5H2,1-3H3,(H,21,22). The number of carbonyl (C=O) groups excluding carboxylic acids is 1. The van der Waals surface area contributed by atoms with Gasteiger partial charge in [-0.25, -0.2) is 14.6 Å². The van der Waals surface area contributed by atoms with Gasteiger partial charge in [0.15, 0.2) is 11.3 Å². The number of benzene rings is 1. The lowest BCUT2D eigenvalue weighted by Crippen LogP contribution is -2.54. The summed E-state index contributed by atoms with van der Waals surface area (Å²) in [5.41, 5.74) is -1.01. The minimum atomic E-state index is -1.31. The second-order valence-electron chi connectivity index (χ2n) is 5.53. The summed E-state index contributed by atoms with van der Waals surface area (Å²) >= 11 is 12.2. The fourth-order valence-corrected chi connectivity index (χ4v) is 3.43. The van der Waals surface area contributed by atoms with Gasteiger partial charge in [0.2, 0.25) is 0 Å². The van der Waals surface area contributed by atoms with E-state index < -0.39 is 23.4 Å². The van der Waals surface area contributed by atoms with Crippen LogP contribution in [0.25, 0.3) is 0 Å². The van der Waals surface area contributed by atoms with Crippen LogP contribution in [-0.4, -0.2) is 34.9 Å². The summed E-state index contributed by atoms with van der Waals surface area (Å²) < 4.78 is 5.19. The molecule has 0 bridgehead atoms. The van der Waals surface area contributed by atoms with E-state index >= 15 is 0 Å². The van der Waals surface area contributed by atoms with Crippen molar-refractivity contribution in [2.24, 2.45) is 11.0 Å². The smallest absolute Gasteiger partial charge is 0.352 e. The molecule has 2 atom stereocenters. The molecule has 0 aromatic heterocycles. The van der Waals surface area contributed by atoms with Gasteiger partial charge in [0.25, 0.3) is 0 Å². The summed E-state index contributed by atoms with van der Waals surface area (Å²) in [6.07, 6.45) is 0.405. The van der Waals surface area contributed by atoms with Crippen LogP contribution in [0.5, 0.6) is 0 Å². The first-order chi connectivity index (χ1) is 11.3. The lowest BCUT2D eigenvalue weighted by Gasteiger charge is -2.36. The third-order valence-corrected chi connectivity index (χ3v) is 4.65. The molecule has 1 aliphatic heterocycles. The van der Waals surface area contributed by atoms with Gasteiger partial charge in [-0.3, -0.25) is 0 Å². The highest BCUT2D eigenvalue weighted by Crippen LogP contribution is 2.43. The second-order valence-corrected chi connectivity index (χ2v) is 6.37. The summed E-state index contributed by atoms with van der Waals surface area (Å²) in [5.74, 6) is -2.37. The number of anilines is 1. The Kier molecular flexibility index (Phi) is 5.40. The van der Waals surface area contributed by atoms with Crippen LogP contribution in [0, 0.1) is 5.92 Å². The number of nitrogens with zero attached hydrogens (tertiary/aromatic N) is 2. The lowest BCUT2D eigenvalue weighted by atomic mass is 9.80. The van der Waals surface area contributed by atoms with Crippen molar-refractivity contribution in [3.8, 4) is 0 Å². The van der Waals surface area contributed by atoms with Gasteiger partial charge in [-0.05, 0) is 38.5 Å². The molecule has 0 saturated heterocycles. The Morgan fingerprint density at radius 1 is 1.38 bits per heavy atom. The van der Waals surface area contributed by atoms with Gasteiger partial charge >= 0.3 is 11.9 Å². The van der Waals surface area contributed by atoms with Gasteiger partial charge in [0.1, 0.15) is 0 Å². The van der Waals surface area contributed by atoms with Gasteiger partial charge in [0, 0.05) is 10.9 Å². The zero-order valence-corrected chi connectivity index (χ0v) is 15.1. The van der Waals surface area contributed by atoms with Gasteiger partial charge in [-0.15, -0.1) is 0 Å². The predicted molar refractivity (Wildman–Crippen MR) is 92.8 cm³/mol. The van der Waals surface area contributed by atoms with E-state index in [1.165, 1.54) is 11.1 Å². The lowest BCUT2D eigenvalue weighted by molar-refractivity contribution is -0.150. The minimum Gasteiger partial charge on any atom is -0.477 e. The number of aliphatic carboxylic acids is 1. The number of hydrogen-bond acceptors (Lipinski definition) is 5. The topological polar surface area (TPSA) is 79.2 Å². The highest BCUT2D eigenvalue weighted by Gasteiger charge is 2.56. The average molecular weight is 373 g/mol. The Morgan fingerprint density at radius 2 is 2.04 bits per heavy atom. The summed E-state index contributed by atoms with van der Waals surface area (Å²) in [6.45, 7) is 5.28. The number of rotatable bonds is 5. The Bertz CT molecular complexity index is 707. The van der Waals surface area contributed by atoms with Crippen LogP contribution in [0.1, 0.15) is 27.2 Å². The quantitative estimate of drug-likeness (QED) is 0.798. The van der Waals surface area contributed by atoms with Crippen molar-refractivity contribution < 1.29 is 19.4 Å². The molecule has 24 heavy (non-hydrogen) atoms. The third kappa shape index (κ3) is 2.96. The van der Waals surface area contributed by atoms with Crippen LogP contribution in [0.15, 0.2) is 23.3 Å². The van der Waals surface area contributed by atoms with E-state index in [2.05, 4.69) is 5.10 Å². The molecule has 2 unspecified atom stereocenters. The number of ether oxygens (including phenoxy) is 1. The van der Waals surface area contributed by atoms with E-state index in [1.54, 1.807) is 32.9 Å². The molecule has 6 nitrogen and oxygen atoms in total. The molecule has 0 spiro atoms. The fourth-order valence-electron chi connectivity index (χ4n) is 2.94. The molecule has 1 aromatic carbocycles. The van der Waals surface area contributed by atoms with Crippen LogP contribution in [0.2, 0.25) is 10.0 Å². The third-order valence-electron chi connectivity index (χ3n) is 4.11. The normalized spacial score (nSPS) is 23.1. The van der Waals surface area contributed by atoms with E-state index in [9.17, 15) is 14.7 Å². The number of hydrazone groups is 1. The zero-order valence-electron chi connectivity index (χ0n) is 13.5. The van der Waals surface area contributed by atoms with Crippen LogP contribution < -0.4 is 5.01 Å². The van der Waals surface area contributed by atoms with Crippen molar-refractivity contribution in [3.05, 3.63) is 28.2 Å². The molecule has 2 rings (SSSR count). The van der Waals surface area contributed by atoms with Crippen molar-refractivity contribution in [3.63, 3.8) is 0 Å². The summed E-state index contributed by atoms with van der Waals surface area (Å²) in [6, 6.07) is 4.71. The predicted octanol–water partition coefficient (Wildman–Crippen LogP) is 3.60. The first-order valence-electron chi connectivity index (χ1n) is 7.51. The second kappa shape index (κ2) is 6.99. The monoisotopic (exact) mass is 372 g/mol. The molecule has 1 heterocycles. The summed E-state index contributed by atoms with van der Waals surface area (Å²) in [4.78, 5) is 24.3. The molecular formula is C16H18Cl2N2O4.